The molecule has 1 fully saturated rings. The third-order valence-corrected chi connectivity index (χ3v) is 3.22. The van der Waals surface area contributed by atoms with Gasteiger partial charge in [0.25, 0.3) is 0 Å². The zero-order chi connectivity index (χ0) is 14.7. The van der Waals surface area contributed by atoms with Crippen LogP contribution in [0, 0.1) is 0 Å². The predicted molar refractivity (Wildman–Crippen MR) is 76.9 cm³/mol. The Hall–Kier alpha value is -2.28. The molecule has 1 aliphatic rings. The molecule has 21 heavy (non-hydrogen) atoms. The summed E-state index contributed by atoms with van der Waals surface area (Å²) < 4.78 is 0. The Bertz CT molecular complexity index is 626. The number of rotatable bonds is 4. The molecule has 7 nitrogen and oxygen atoms in total. The Labute approximate surface area is 126 Å². The van der Waals surface area contributed by atoms with Gasteiger partial charge >= 0.3 is 6.03 Å². The molecule has 8 heteroatoms. The molecule has 0 unspecified atom stereocenters. The summed E-state index contributed by atoms with van der Waals surface area (Å²) in [6.07, 6.45) is 5.28. The van der Waals surface area contributed by atoms with Gasteiger partial charge in [-0.1, -0.05) is 11.6 Å². The Morgan fingerprint density at radius 2 is 2.10 bits per heavy atom. The van der Waals surface area contributed by atoms with Crippen LogP contribution in [-0.2, 0) is 6.54 Å². The van der Waals surface area contributed by atoms with Gasteiger partial charge in [-0.2, -0.15) is 5.10 Å². The number of nitrogens with one attached hydrogen (secondary N) is 2. The fourth-order valence-electron chi connectivity index (χ4n) is 1.77. The lowest BCUT2D eigenvalue weighted by atomic mass is 10.3. The van der Waals surface area contributed by atoms with Crippen LogP contribution in [0.4, 0.5) is 10.6 Å². The third kappa shape index (κ3) is 3.85. The van der Waals surface area contributed by atoms with Crippen molar-refractivity contribution in [1.82, 2.24) is 25.5 Å². The molecule has 3 rings (SSSR count). The summed E-state index contributed by atoms with van der Waals surface area (Å²) >= 11 is 5.63. The van der Waals surface area contributed by atoms with Gasteiger partial charge in [0.2, 0.25) is 0 Å². The third-order valence-electron chi connectivity index (χ3n) is 3.03. The second kappa shape index (κ2) is 6.01. The largest absolute Gasteiger partial charge is 0.332 e. The number of amides is 2. The molecule has 0 aliphatic heterocycles. The standard InChI is InChI=1S/C13H13ClN6O/c14-11-7-15-9(5-16-11)6-17-13(21)18-12-4-3-10(19-20-12)8-1-2-8/h3-5,7-8H,1-2,6H2,(H2,17,18,20,21). The van der Waals surface area contributed by atoms with Crippen LogP contribution in [0.2, 0.25) is 5.15 Å². The number of urea groups is 1. The molecule has 108 valence electrons. The molecule has 2 heterocycles. The summed E-state index contributed by atoms with van der Waals surface area (Å²) in [5.41, 5.74) is 1.60. The number of halogens is 1. The first-order valence-electron chi connectivity index (χ1n) is 6.55. The average molecular weight is 305 g/mol. The van der Waals surface area contributed by atoms with Crippen molar-refractivity contribution in [3.8, 4) is 0 Å². The van der Waals surface area contributed by atoms with Crippen molar-refractivity contribution >= 4 is 23.4 Å². The number of carbonyl (C=O) groups excluding carboxylic acids is 1. The van der Waals surface area contributed by atoms with E-state index in [0.29, 0.717) is 22.6 Å². The lowest BCUT2D eigenvalue weighted by molar-refractivity contribution is 0.251. The molecule has 2 N–H and O–H groups in total. The van der Waals surface area contributed by atoms with E-state index in [2.05, 4.69) is 30.8 Å². The van der Waals surface area contributed by atoms with Gasteiger partial charge in [-0.05, 0) is 25.0 Å². The first-order chi connectivity index (χ1) is 10.2. The molecule has 0 radical (unpaired) electrons. The number of nitrogens with zero attached hydrogens (tertiary/aromatic N) is 4. The SMILES string of the molecule is O=C(NCc1cnc(Cl)cn1)Nc1ccc(C2CC2)nn1. The maximum Gasteiger partial charge on any atom is 0.320 e. The van der Waals surface area contributed by atoms with Gasteiger partial charge in [0.15, 0.2) is 5.82 Å². The van der Waals surface area contributed by atoms with Gasteiger partial charge in [-0.25, -0.2) is 9.78 Å². The minimum absolute atomic E-state index is 0.254. The Morgan fingerprint density at radius 3 is 2.71 bits per heavy atom. The van der Waals surface area contributed by atoms with Crippen LogP contribution in [0.5, 0.6) is 0 Å². The Kier molecular flexibility index (Phi) is 3.92. The molecule has 0 bridgehead atoms. The highest BCUT2D eigenvalue weighted by Gasteiger charge is 2.25. The number of carbonyl (C=O) groups is 1. The lowest BCUT2D eigenvalue weighted by Crippen LogP contribution is -2.29. The number of hydrogen-bond donors (Lipinski definition) is 2. The zero-order valence-electron chi connectivity index (χ0n) is 11.1. The van der Waals surface area contributed by atoms with Crippen LogP contribution in [0.25, 0.3) is 0 Å². The van der Waals surface area contributed by atoms with Crippen LogP contribution >= 0.6 is 11.6 Å². The van der Waals surface area contributed by atoms with E-state index in [1.54, 1.807) is 6.07 Å². The van der Waals surface area contributed by atoms with Crippen LogP contribution in [0.15, 0.2) is 24.5 Å². The first-order valence-corrected chi connectivity index (χ1v) is 6.93. The molecular formula is C13H13ClN6O. The van der Waals surface area contributed by atoms with Crippen molar-refractivity contribution in [3.05, 3.63) is 41.1 Å². The van der Waals surface area contributed by atoms with E-state index < -0.39 is 0 Å². The van der Waals surface area contributed by atoms with Crippen LogP contribution in [0.1, 0.15) is 30.1 Å². The number of hydrogen-bond acceptors (Lipinski definition) is 5. The highest BCUT2D eigenvalue weighted by Crippen LogP contribution is 2.38. The molecule has 2 amide bonds. The van der Waals surface area contributed by atoms with E-state index in [1.807, 2.05) is 6.07 Å². The maximum atomic E-state index is 11.7. The normalized spacial score (nSPS) is 13.8. The number of aromatic nitrogens is 4. The zero-order valence-corrected chi connectivity index (χ0v) is 11.8. The summed E-state index contributed by atoms with van der Waals surface area (Å²) in [5.74, 6) is 0.961. The Morgan fingerprint density at radius 1 is 1.24 bits per heavy atom. The van der Waals surface area contributed by atoms with Crippen molar-refractivity contribution in [2.24, 2.45) is 0 Å². The van der Waals surface area contributed by atoms with Gasteiger partial charge in [-0.15, -0.1) is 5.10 Å². The van der Waals surface area contributed by atoms with E-state index in [9.17, 15) is 4.79 Å². The summed E-state index contributed by atoms with van der Waals surface area (Å²) in [6.45, 7) is 0.254. The van der Waals surface area contributed by atoms with Gasteiger partial charge in [0.05, 0.1) is 30.3 Å². The van der Waals surface area contributed by atoms with E-state index in [4.69, 9.17) is 11.6 Å². The Balaban J connectivity index is 1.50. The second-order valence-corrected chi connectivity index (χ2v) is 5.14. The van der Waals surface area contributed by atoms with Crippen molar-refractivity contribution in [3.63, 3.8) is 0 Å². The fourth-order valence-corrected chi connectivity index (χ4v) is 1.87. The molecule has 0 spiro atoms. The molecule has 1 aliphatic carbocycles. The molecule has 2 aromatic rings. The van der Waals surface area contributed by atoms with Crippen LogP contribution in [0.3, 0.4) is 0 Å². The van der Waals surface area contributed by atoms with E-state index >= 15 is 0 Å². The summed E-state index contributed by atoms with van der Waals surface area (Å²) in [4.78, 5) is 19.6. The summed E-state index contributed by atoms with van der Waals surface area (Å²) in [7, 11) is 0. The quantitative estimate of drug-likeness (QED) is 0.902. The number of anilines is 1. The average Bonchev–Trinajstić information content (AvgIpc) is 3.32. The molecule has 0 aromatic carbocycles. The monoisotopic (exact) mass is 304 g/mol. The molecule has 1 saturated carbocycles. The highest BCUT2D eigenvalue weighted by molar-refractivity contribution is 6.29. The highest BCUT2D eigenvalue weighted by atomic mass is 35.5. The van der Waals surface area contributed by atoms with Crippen LogP contribution in [-0.4, -0.2) is 26.2 Å². The van der Waals surface area contributed by atoms with Gasteiger partial charge in [0, 0.05) is 5.92 Å². The van der Waals surface area contributed by atoms with Crippen molar-refractivity contribution in [2.45, 2.75) is 25.3 Å². The van der Waals surface area contributed by atoms with E-state index in [0.717, 1.165) is 5.69 Å². The lowest BCUT2D eigenvalue weighted by Gasteiger charge is -2.06. The first kappa shape index (κ1) is 13.7. The predicted octanol–water partition coefficient (Wildman–Crippen LogP) is 2.12. The minimum Gasteiger partial charge on any atom is -0.332 e. The molecule has 0 saturated heterocycles. The van der Waals surface area contributed by atoms with Gasteiger partial charge in [-0.3, -0.25) is 10.3 Å². The topological polar surface area (TPSA) is 92.7 Å². The molecular weight excluding hydrogens is 292 g/mol. The van der Waals surface area contributed by atoms with Crippen molar-refractivity contribution in [1.29, 1.82) is 0 Å². The van der Waals surface area contributed by atoms with Gasteiger partial charge in [0.1, 0.15) is 5.15 Å². The fraction of sp³-hybridized carbons (Fsp3) is 0.308. The maximum absolute atomic E-state index is 11.7. The summed E-state index contributed by atoms with van der Waals surface area (Å²) in [5, 5.41) is 13.7. The smallest absolute Gasteiger partial charge is 0.320 e. The minimum atomic E-state index is -0.375. The molecule has 2 aromatic heterocycles. The van der Waals surface area contributed by atoms with E-state index in [1.165, 1.54) is 25.2 Å². The van der Waals surface area contributed by atoms with Crippen LogP contribution < -0.4 is 10.6 Å². The van der Waals surface area contributed by atoms with E-state index in [-0.39, 0.29) is 12.6 Å². The summed E-state index contributed by atoms with van der Waals surface area (Å²) in [6, 6.07) is 3.27. The van der Waals surface area contributed by atoms with Crippen molar-refractivity contribution in [2.75, 3.05) is 5.32 Å². The second-order valence-electron chi connectivity index (χ2n) is 4.76. The molecule has 0 atom stereocenters. The van der Waals surface area contributed by atoms with Crippen molar-refractivity contribution < 1.29 is 4.79 Å². The van der Waals surface area contributed by atoms with Gasteiger partial charge < -0.3 is 5.32 Å².